The zero-order valence-corrected chi connectivity index (χ0v) is 13.8. The Kier molecular flexibility index (Phi) is 6.48. The summed E-state index contributed by atoms with van der Waals surface area (Å²) in [5.74, 6) is -3.09. The van der Waals surface area contributed by atoms with Crippen LogP contribution >= 0.6 is 11.6 Å². The van der Waals surface area contributed by atoms with Crippen LogP contribution in [-0.2, 0) is 14.3 Å². The van der Waals surface area contributed by atoms with Crippen molar-refractivity contribution in [2.75, 3.05) is 0 Å². The van der Waals surface area contributed by atoms with Gasteiger partial charge in [0.05, 0.1) is 0 Å². The second-order valence-electron chi connectivity index (χ2n) is 5.07. The Morgan fingerprint density at radius 3 is 2.27 bits per heavy atom. The van der Waals surface area contributed by atoms with E-state index in [1.165, 1.54) is 12.1 Å². The molecule has 2 aromatic rings. The first-order chi connectivity index (χ1) is 12.3. The lowest BCUT2D eigenvalue weighted by Gasteiger charge is -2.17. The lowest BCUT2D eigenvalue weighted by atomic mass is 10.1. The number of aliphatic hydroxyl groups excluding tert-OH is 1. The molecule has 1 unspecified atom stereocenters. The molecule has 138 valence electrons. The van der Waals surface area contributed by atoms with Crippen molar-refractivity contribution in [1.82, 2.24) is 0 Å². The molecule has 2 N–H and O–H groups in total. The van der Waals surface area contributed by atoms with E-state index in [1.807, 2.05) is 0 Å². The zero-order chi connectivity index (χ0) is 19.3. The van der Waals surface area contributed by atoms with Gasteiger partial charge in [0.25, 0.3) is 0 Å². The summed E-state index contributed by atoms with van der Waals surface area (Å²) >= 11 is 5.75. The number of carbonyl (C=O) groups excluding carboxylic acids is 1. The van der Waals surface area contributed by atoms with Crippen molar-refractivity contribution in [1.29, 1.82) is 0 Å². The molecular weight excluding hydrogens is 374 g/mol. The summed E-state index contributed by atoms with van der Waals surface area (Å²) in [6.07, 6.45) is -3.59. The molecule has 0 saturated carbocycles. The second-order valence-corrected chi connectivity index (χ2v) is 5.50. The molecule has 9 heteroatoms. The Balaban J connectivity index is 2.20. The first kappa shape index (κ1) is 19.6. The molecule has 0 saturated heterocycles. The number of benzene rings is 2. The van der Waals surface area contributed by atoms with Crippen LogP contribution < -0.4 is 4.74 Å². The van der Waals surface area contributed by atoms with E-state index in [-0.39, 0.29) is 21.9 Å². The predicted octanol–water partition coefficient (Wildman–Crippen LogP) is 3.34. The molecule has 0 aliphatic rings. The van der Waals surface area contributed by atoms with Crippen molar-refractivity contribution in [3.8, 4) is 5.75 Å². The lowest BCUT2D eigenvalue weighted by Crippen LogP contribution is -2.23. The highest BCUT2D eigenvalue weighted by atomic mass is 35.5. The van der Waals surface area contributed by atoms with E-state index < -0.39 is 30.8 Å². The number of aliphatic hydroxyl groups is 1. The molecule has 0 aromatic heterocycles. The fourth-order valence-electron chi connectivity index (χ4n) is 2.12. The van der Waals surface area contributed by atoms with Crippen molar-refractivity contribution in [2.24, 2.45) is 0 Å². The highest BCUT2D eigenvalue weighted by molar-refractivity contribution is 6.30. The largest absolute Gasteiger partial charge is 0.478 e. The number of carboxylic acids is 1. The van der Waals surface area contributed by atoms with Crippen molar-refractivity contribution in [2.45, 2.75) is 18.8 Å². The standard InChI is InChI=1S/C17H13ClF2O6/c18-11-6-10(7-12(8-11)25-17(19)20)13(21)16(24)26-14(15(22)23)9-4-2-1-3-5-9/h1-8,13-14,17,21H,(H,22,23)/t13-,14?/m1/s1. The molecule has 2 rings (SSSR count). The average Bonchev–Trinajstić information content (AvgIpc) is 2.58. The second kappa shape index (κ2) is 8.59. The molecule has 0 aliphatic carbocycles. The molecule has 0 amide bonds. The Bertz CT molecular complexity index is 784. The van der Waals surface area contributed by atoms with Crippen LogP contribution in [0, 0.1) is 0 Å². The molecule has 0 spiro atoms. The van der Waals surface area contributed by atoms with Gasteiger partial charge in [-0.15, -0.1) is 0 Å². The van der Waals surface area contributed by atoms with E-state index in [2.05, 4.69) is 4.74 Å². The zero-order valence-electron chi connectivity index (χ0n) is 13.0. The van der Waals surface area contributed by atoms with Crippen LogP contribution in [0.5, 0.6) is 5.75 Å². The van der Waals surface area contributed by atoms with E-state index in [4.69, 9.17) is 16.3 Å². The summed E-state index contributed by atoms with van der Waals surface area (Å²) in [7, 11) is 0. The van der Waals surface area contributed by atoms with Gasteiger partial charge in [-0.05, 0) is 23.8 Å². The maximum absolute atomic E-state index is 12.3. The van der Waals surface area contributed by atoms with Crippen LogP contribution in [0.1, 0.15) is 23.3 Å². The van der Waals surface area contributed by atoms with Crippen LogP contribution in [0.15, 0.2) is 48.5 Å². The smallest absolute Gasteiger partial charge is 0.387 e. The van der Waals surface area contributed by atoms with Crippen molar-refractivity contribution in [3.05, 3.63) is 64.7 Å². The number of hydrogen-bond donors (Lipinski definition) is 2. The number of rotatable bonds is 7. The van der Waals surface area contributed by atoms with Gasteiger partial charge in [-0.3, -0.25) is 0 Å². The molecule has 0 radical (unpaired) electrons. The lowest BCUT2D eigenvalue weighted by molar-refractivity contribution is -0.171. The average molecular weight is 387 g/mol. The van der Waals surface area contributed by atoms with Gasteiger partial charge >= 0.3 is 18.6 Å². The Hall–Kier alpha value is -2.71. The van der Waals surface area contributed by atoms with E-state index in [0.29, 0.717) is 0 Å². The summed E-state index contributed by atoms with van der Waals surface area (Å²) < 4.78 is 33.6. The van der Waals surface area contributed by atoms with Crippen molar-refractivity contribution >= 4 is 23.5 Å². The van der Waals surface area contributed by atoms with Gasteiger partial charge in [-0.25, -0.2) is 9.59 Å². The Labute approximate surface area is 151 Å². The summed E-state index contributed by atoms with van der Waals surface area (Å²) in [6, 6.07) is 10.8. The molecule has 2 atom stereocenters. The Morgan fingerprint density at radius 1 is 1.04 bits per heavy atom. The monoisotopic (exact) mass is 386 g/mol. The van der Waals surface area contributed by atoms with Crippen LogP contribution in [0.3, 0.4) is 0 Å². The molecule has 0 heterocycles. The van der Waals surface area contributed by atoms with Gasteiger partial charge in [-0.1, -0.05) is 41.9 Å². The number of esters is 1. The molecule has 6 nitrogen and oxygen atoms in total. The molecule has 2 aromatic carbocycles. The molecule has 0 aliphatic heterocycles. The summed E-state index contributed by atoms with van der Waals surface area (Å²) in [6.45, 7) is -3.13. The van der Waals surface area contributed by atoms with E-state index in [0.717, 1.165) is 18.2 Å². The van der Waals surface area contributed by atoms with Gasteiger partial charge < -0.3 is 19.7 Å². The van der Waals surface area contributed by atoms with Crippen molar-refractivity contribution in [3.63, 3.8) is 0 Å². The third-order valence-electron chi connectivity index (χ3n) is 3.22. The van der Waals surface area contributed by atoms with Crippen LogP contribution in [0.2, 0.25) is 5.02 Å². The van der Waals surface area contributed by atoms with Crippen molar-refractivity contribution < 1.29 is 38.1 Å². The van der Waals surface area contributed by atoms with Gasteiger partial charge in [0.1, 0.15) is 5.75 Å². The van der Waals surface area contributed by atoms with Gasteiger partial charge in [0, 0.05) is 10.6 Å². The number of carbonyl (C=O) groups is 2. The molecular formula is C17H13ClF2O6. The first-order valence-electron chi connectivity index (χ1n) is 7.19. The minimum absolute atomic E-state index is 0.0668. The van der Waals surface area contributed by atoms with Crippen LogP contribution in [-0.4, -0.2) is 28.8 Å². The quantitative estimate of drug-likeness (QED) is 0.709. The predicted molar refractivity (Wildman–Crippen MR) is 86.0 cm³/mol. The first-order valence-corrected chi connectivity index (χ1v) is 7.57. The Morgan fingerprint density at radius 2 is 1.69 bits per heavy atom. The molecule has 0 bridgehead atoms. The summed E-state index contributed by atoms with van der Waals surface area (Å²) in [5, 5.41) is 19.2. The third kappa shape index (κ3) is 5.14. The van der Waals surface area contributed by atoms with E-state index >= 15 is 0 Å². The molecule has 26 heavy (non-hydrogen) atoms. The summed E-state index contributed by atoms with van der Waals surface area (Å²) in [4.78, 5) is 23.4. The number of ether oxygens (including phenoxy) is 2. The minimum atomic E-state index is -3.13. The third-order valence-corrected chi connectivity index (χ3v) is 3.44. The minimum Gasteiger partial charge on any atom is -0.478 e. The highest BCUT2D eigenvalue weighted by Crippen LogP contribution is 2.28. The van der Waals surface area contributed by atoms with Gasteiger partial charge in [-0.2, -0.15) is 8.78 Å². The SMILES string of the molecule is O=C(O)C(OC(=O)[C@H](O)c1cc(Cl)cc(OC(F)F)c1)c1ccccc1. The number of carboxylic acid groups (broad SMARTS) is 1. The van der Waals surface area contributed by atoms with Crippen LogP contribution in [0.4, 0.5) is 8.78 Å². The van der Waals surface area contributed by atoms with Gasteiger partial charge in [0.15, 0.2) is 6.10 Å². The number of halogens is 3. The maximum atomic E-state index is 12.3. The molecule has 0 fully saturated rings. The highest BCUT2D eigenvalue weighted by Gasteiger charge is 2.29. The topological polar surface area (TPSA) is 93.1 Å². The fourth-order valence-corrected chi connectivity index (χ4v) is 2.35. The van der Waals surface area contributed by atoms with E-state index in [1.54, 1.807) is 18.2 Å². The van der Waals surface area contributed by atoms with Crippen LogP contribution in [0.25, 0.3) is 0 Å². The number of hydrogen-bond acceptors (Lipinski definition) is 5. The fraction of sp³-hybridized carbons (Fsp3) is 0.176. The van der Waals surface area contributed by atoms with Gasteiger partial charge in [0.2, 0.25) is 6.10 Å². The number of aliphatic carboxylic acids is 1. The maximum Gasteiger partial charge on any atom is 0.387 e. The normalized spacial score (nSPS) is 13.1. The summed E-state index contributed by atoms with van der Waals surface area (Å²) in [5.41, 5.74) is 0.00344. The number of alkyl halides is 2. The van der Waals surface area contributed by atoms with E-state index in [9.17, 15) is 28.6 Å².